The Kier molecular flexibility index (Phi) is 2.94. The molecule has 2 aromatic rings. The molecule has 1 unspecified atom stereocenters. The second kappa shape index (κ2) is 4.58. The zero-order valence-corrected chi connectivity index (χ0v) is 10.6. The standard InChI is InChI=1S/C12H15N3OS/c1-8-6-17-7-10(8)11-14-12(16-15-11)9-3-2-4-13-5-9/h6-7,9,13H,2-5H2,1H3. The number of nitrogens with one attached hydrogen (secondary N) is 1. The molecule has 0 saturated carbocycles. The van der Waals surface area contributed by atoms with Crippen LogP contribution in [0.2, 0.25) is 0 Å². The van der Waals surface area contributed by atoms with E-state index in [2.05, 4.69) is 33.1 Å². The summed E-state index contributed by atoms with van der Waals surface area (Å²) in [5, 5.41) is 11.6. The topological polar surface area (TPSA) is 51.0 Å². The monoisotopic (exact) mass is 249 g/mol. The van der Waals surface area contributed by atoms with E-state index in [4.69, 9.17) is 4.52 Å². The summed E-state index contributed by atoms with van der Waals surface area (Å²) >= 11 is 1.67. The Morgan fingerprint density at radius 3 is 3.12 bits per heavy atom. The maximum atomic E-state index is 5.39. The first-order chi connectivity index (χ1) is 8.34. The lowest BCUT2D eigenvalue weighted by Crippen LogP contribution is -2.28. The number of thiophene rings is 1. The highest BCUT2D eigenvalue weighted by atomic mass is 32.1. The van der Waals surface area contributed by atoms with E-state index in [-0.39, 0.29) is 0 Å². The molecular weight excluding hydrogens is 234 g/mol. The van der Waals surface area contributed by atoms with Gasteiger partial charge >= 0.3 is 0 Å². The number of rotatable bonds is 2. The molecule has 0 spiro atoms. The average molecular weight is 249 g/mol. The van der Waals surface area contributed by atoms with Gasteiger partial charge in [0.05, 0.1) is 5.92 Å². The van der Waals surface area contributed by atoms with Crippen LogP contribution in [0.3, 0.4) is 0 Å². The molecule has 1 N–H and O–H groups in total. The largest absolute Gasteiger partial charge is 0.339 e. The minimum Gasteiger partial charge on any atom is -0.339 e. The molecule has 2 aromatic heterocycles. The van der Waals surface area contributed by atoms with Crippen LogP contribution in [0.5, 0.6) is 0 Å². The van der Waals surface area contributed by atoms with E-state index in [0.717, 1.165) is 36.8 Å². The molecule has 0 radical (unpaired) electrons. The van der Waals surface area contributed by atoms with Crippen molar-refractivity contribution in [3.05, 3.63) is 22.2 Å². The number of nitrogens with zero attached hydrogens (tertiary/aromatic N) is 2. The Bertz CT molecular complexity index is 499. The van der Waals surface area contributed by atoms with E-state index < -0.39 is 0 Å². The summed E-state index contributed by atoms with van der Waals surface area (Å²) in [7, 11) is 0. The Labute approximate surface area is 104 Å². The molecule has 3 rings (SSSR count). The molecule has 1 fully saturated rings. The van der Waals surface area contributed by atoms with Crippen molar-refractivity contribution in [2.75, 3.05) is 13.1 Å². The van der Waals surface area contributed by atoms with Gasteiger partial charge in [-0.05, 0) is 37.3 Å². The molecule has 0 aliphatic carbocycles. The fourth-order valence-electron chi connectivity index (χ4n) is 2.16. The molecule has 0 amide bonds. The SMILES string of the molecule is Cc1cscc1-c1noc(C2CCCNC2)n1. The van der Waals surface area contributed by atoms with E-state index in [1.165, 1.54) is 12.0 Å². The smallest absolute Gasteiger partial charge is 0.231 e. The van der Waals surface area contributed by atoms with Gasteiger partial charge in [0.25, 0.3) is 0 Å². The van der Waals surface area contributed by atoms with Crippen LogP contribution in [-0.2, 0) is 0 Å². The molecule has 1 atom stereocenters. The summed E-state index contributed by atoms with van der Waals surface area (Å²) in [5.74, 6) is 1.88. The number of hydrogen-bond acceptors (Lipinski definition) is 5. The van der Waals surface area contributed by atoms with Crippen molar-refractivity contribution in [3.8, 4) is 11.4 Å². The predicted molar refractivity (Wildman–Crippen MR) is 67.2 cm³/mol. The van der Waals surface area contributed by atoms with Gasteiger partial charge in [-0.15, -0.1) is 0 Å². The van der Waals surface area contributed by atoms with Crippen molar-refractivity contribution in [2.24, 2.45) is 0 Å². The number of hydrogen-bond donors (Lipinski definition) is 1. The lowest BCUT2D eigenvalue weighted by molar-refractivity contribution is 0.322. The summed E-state index contributed by atoms with van der Waals surface area (Å²) < 4.78 is 5.39. The van der Waals surface area contributed by atoms with Gasteiger partial charge in [-0.2, -0.15) is 16.3 Å². The van der Waals surface area contributed by atoms with Crippen molar-refractivity contribution < 1.29 is 4.52 Å². The van der Waals surface area contributed by atoms with Crippen LogP contribution < -0.4 is 5.32 Å². The maximum absolute atomic E-state index is 5.39. The van der Waals surface area contributed by atoms with E-state index in [0.29, 0.717) is 5.92 Å². The summed E-state index contributed by atoms with van der Waals surface area (Å²) in [6, 6.07) is 0. The van der Waals surface area contributed by atoms with Crippen LogP contribution in [-0.4, -0.2) is 23.2 Å². The first kappa shape index (κ1) is 10.9. The van der Waals surface area contributed by atoms with Gasteiger partial charge in [-0.3, -0.25) is 0 Å². The molecular formula is C12H15N3OS. The third-order valence-corrected chi connectivity index (χ3v) is 4.05. The van der Waals surface area contributed by atoms with Gasteiger partial charge in [0.15, 0.2) is 0 Å². The molecule has 4 nitrogen and oxygen atoms in total. The maximum Gasteiger partial charge on any atom is 0.231 e. The van der Waals surface area contributed by atoms with E-state index >= 15 is 0 Å². The quantitative estimate of drug-likeness (QED) is 0.888. The number of aromatic nitrogens is 2. The fraction of sp³-hybridized carbons (Fsp3) is 0.500. The van der Waals surface area contributed by atoms with Crippen LogP contribution >= 0.6 is 11.3 Å². The highest BCUT2D eigenvalue weighted by Gasteiger charge is 2.22. The second-order valence-corrected chi connectivity index (χ2v) is 5.21. The van der Waals surface area contributed by atoms with Crippen molar-refractivity contribution in [3.63, 3.8) is 0 Å². The Hall–Kier alpha value is -1.20. The van der Waals surface area contributed by atoms with Gasteiger partial charge in [0.1, 0.15) is 0 Å². The molecule has 1 aliphatic heterocycles. The van der Waals surface area contributed by atoms with Crippen LogP contribution in [0.1, 0.15) is 30.2 Å². The fourth-order valence-corrected chi connectivity index (χ4v) is 2.99. The first-order valence-electron chi connectivity index (χ1n) is 5.92. The molecule has 90 valence electrons. The normalized spacial score (nSPS) is 20.6. The summed E-state index contributed by atoms with van der Waals surface area (Å²) in [6.07, 6.45) is 2.32. The molecule has 3 heterocycles. The third-order valence-electron chi connectivity index (χ3n) is 3.18. The first-order valence-corrected chi connectivity index (χ1v) is 6.86. The molecule has 17 heavy (non-hydrogen) atoms. The van der Waals surface area contributed by atoms with E-state index in [9.17, 15) is 0 Å². The molecule has 1 saturated heterocycles. The zero-order chi connectivity index (χ0) is 11.7. The zero-order valence-electron chi connectivity index (χ0n) is 9.77. The Balaban J connectivity index is 1.85. The van der Waals surface area contributed by atoms with Crippen LogP contribution in [0.15, 0.2) is 15.3 Å². The van der Waals surface area contributed by atoms with Crippen molar-refractivity contribution in [1.82, 2.24) is 15.5 Å². The Morgan fingerprint density at radius 2 is 2.41 bits per heavy atom. The number of piperidine rings is 1. The van der Waals surface area contributed by atoms with Gasteiger partial charge in [-0.1, -0.05) is 5.16 Å². The number of aryl methyl sites for hydroxylation is 1. The lowest BCUT2D eigenvalue weighted by atomic mass is 10.00. The summed E-state index contributed by atoms with van der Waals surface area (Å²) in [5.41, 5.74) is 2.30. The Morgan fingerprint density at radius 1 is 1.47 bits per heavy atom. The summed E-state index contributed by atoms with van der Waals surface area (Å²) in [6.45, 7) is 4.12. The van der Waals surface area contributed by atoms with Crippen molar-refractivity contribution >= 4 is 11.3 Å². The van der Waals surface area contributed by atoms with Crippen molar-refractivity contribution in [1.29, 1.82) is 0 Å². The highest BCUT2D eigenvalue weighted by molar-refractivity contribution is 7.08. The summed E-state index contributed by atoms with van der Waals surface area (Å²) in [4.78, 5) is 4.53. The van der Waals surface area contributed by atoms with Gasteiger partial charge in [0, 0.05) is 17.5 Å². The van der Waals surface area contributed by atoms with Gasteiger partial charge in [0.2, 0.25) is 11.7 Å². The van der Waals surface area contributed by atoms with E-state index in [1.54, 1.807) is 11.3 Å². The molecule has 5 heteroatoms. The molecule has 0 bridgehead atoms. The second-order valence-electron chi connectivity index (χ2n) is 4.47. The minimum absolute atomic E-state index is 0.379. The third kappa shape index (κ3) is 2.12. The average Bonchev–Trinajstić information content (AvgIpc) is 2.98. The van der Waals surface area contributed by atoms with Gasteiger partial charge < -0.3 is 9.84 Å². The van der Waals surface area contributed by atoms with Crippen LogP contribution in [0.25, 0.3) is 11.4 Å². The van der Waals surface area contributed by atoms with E-state index in [1.807, 2.05) is 0 Å². The minimum atomic E-state index is 0.379. The van der Waals surface area contributed by atoms with Crippen LogP contribution in [0.4, 0.5) is 0 Å². The predicted octanol–water partition coefficient (Wildman–Crippen LogP) is 2.57. The highest BCUT2D eigenvalue weighted by Crippen LogP contribution is 2.27. The lowest BCUT2D eigenvalue weighted by Gasteiger charge is -2.18. The van der Waals surface area contributed by atoms with Gasteiger partial charge in [-0.25, -0.2) is 0 Å². The van der Waals surface area contributed by atoms with Crippen molar-refractivity contribution in [2.45, 2.75) is 25.7 Å². The van der Waals surface area contributed by atoms with Crippen LogP contribution in [0, 0.1) is 6.92 Å². The molecule has 0 aromatic carbocycles. The molecule has 1 aliphatic rings.